The third kappa shape index (κ3) is 3.70. The first kappa shape index (κ1) is 12.4. The van der Waals surface area contributed by atoms with Crippen molar-refractivity contribution < 1.29 is 14.6 Å². The smallest absolute Gasteiger partial charge is 0.119 e. The van der Waals surface area contributed by atoms with Crippen molar-refractivity contribution in [1.82, 2.24) is 4.90 Å². The van der Waals surface area contributed by atoms with Gasteiger partial charge in [0, 0.05) is 13.1 Å². The molecule has 1 aliphatic rings. The van der Waals surface area contributed by atoms with Gasteiger partial charge in [-0.3, -0.25) is 4.90 Å². The molecular formula is C13H19NO3. The normalized spacial score (nSPS) is 21.4. The minimum Gasteiger partial charge on any atom is -0.492 e. The van der Waals surface area contributed by atoms with Crippen molar-refractivity contribution in [3.8, 4) is 5.75 Å². The minimum absolute atomic E-state index is 0.114. The summed E-state index contributed by atoms with van der Waals surface area (Å²) in [7, 11) is 0. The van der Waals surface area contributed by atoms with E-state index in [9.17, 15) is 5.11 Å². The molecule has 1 aromatic rings. The van der Waals surface area contributed by atoms with Crippen LogP contribution in [0.3, 0.4) is 0 Å². The highest BCUT2D eigenvalue weighted by Gasteiger charge is 2.21. The van der Waals surface area contributed by atoms with E-state index >= 15 is 0 Å². The minimum atomic E-state index is 0.114. The topological polar surface area (TPSA) is 41.9 Å². The Morgan fingerprint density at radius 2 is 2.18 bits per heavy atom. The fourth-order valence-corrected chi connectivity index (χ4v) is 1.95. The number of nitrogens with zero attached hydrogens (tertiary/aromatic N) is 1. The zero-order chi connectivity index (χ0) is 11.9. The molecule has 1 aliphatic heterocycles. The summed E-state index contributed by atoms with van der Waals surface area (Å²) in [6, 6.07) is 9.90. The fourth-order valence-electron chi connectivity index (χ4n) is 1.95. The molecule has 0 saturated carbocycles. The molecule has 2 rings (SSSR count). The van der Waals surface area contributed by atoms with Crippen molar-refractivity contribution in [3.05, 3.63) is 30.3 Å². The summed E-state index contributed by atoms with van der Waals surface area (Å²) < 4.78 is 11.0. The average molecular weight is 237 g/mol. The van der Waals surface area contributed by atoms with Gasteiger partial charge >= 0.3 is 0 Å². The molecule has 0 bridgehead atoms. The number of hydrogen-bond acceptors (Lipinski definition) is 4. The first-order valence-electron chi connectivity index (χ1n) is 6.00. The van der Waals surface area contributed by atoms with Gasteiger partial charge in [-0.2, -0.15) is 0 Å². The summed E-state index contributed by atoms with van der Waals surface area (Å²) in [5.41, 5.74) is 0. The van der Waals surface area contributed by atoms with Crippen molar-refractivity contribution in [1.29, 1.82) is 0 Å². The van der Waals surface area contributed by atoms with Crippen LogP contribution in [0.5, 0.6) is 5.75 Å². The maximum atomic E-state index is 9.22. The van der Waals surface area contributed by atoms with Crippen molar-refractivity contribution in [2.45, 2.75) is 6.04 Å². The highest BCUT2D eigenvalue weighted by Crippen LogP contribution is 2.09. The van der Waals surface area contributed by atoms with E-state index in [2.05, 4.69) is 4.90 Å². The molecule has 17 heavy (non-hydrogen) atoms. The summed E-state index contributed by atoms with van der Waals surface area (Å²) in [5.74, 6) is 0.890. The molecular weight excluding hydrogens is 218 g/mol. The highest BCUT2D eigenvalue weighted by atomic mass is 16.5. The lowest BCUT2D eigenvalue weighted by molar-refractivity contribution is -0.0312. The van der Waals surface area contributed by atoms with Crippen LogP contribution in [0.25, 0.3) is 0 Å². The maximum absolute atomic E-state index is 9.22. The van der Waals surface area contributed by atoms with E-state index in [1.807, 2.05) is 30.3 Å². The Morgan fingerprint density at radius 1 is 1.35 bits per heavy atom. The molecule has 1 atom stereocenters. The SMILES string of the molecule is OCC1COCCN1CCOc1ccccc1. The standard InChI is InChI=1S/C13H19NO3/c15-10-12-11-16-8-6-14(12)7-9-17-13-4-2-1-3-5-13/h1-5,12,15H,6-11H2. The first-order valence-corrected chi connectivity index (χ1v) is 6.00. The van der Waals surface area contributed by atoms with Gasteiger partial charge in [-0.25, -0.2) is 0 Å². The monoisotopic (exact) mass is 237 g/mol. The van der Waals surface area contributed by atoms with E-state index in [1.165, 1.54) is 0 Å². The predicted molar refractivity (Wildman–Crippen MR) is 65.2 cm³/mol. The lowest BCUT2D eigenvalue weighted by atomic mass is 10.2. The molecule has 0 spiro atoms. The number of ether oxygens (including phenoxy) is 2. The second kappa shape index (κ2) is 6.59. The van der Waals surface area contributed by atoms with Crippen LogP contribution in [0.1, 0.15) is 0 Å². The lowest BCUT2D eigenvalue weighted by Crippen LogP contribution is -2.48. The van der Waals surface area contributed by atoms with Gasteiger partial charge in [-0.1, -0.05) is 18.2 Å². The van der Waals surface area contributed by atoms with Gasteiger partial charge in [0.15, 0.2) is 0 Å². The van der Waals surface area contributed by atoms with Crippen LogP contribution in [0.4, 0.5) is 0 Å². The Balaban J connectivity index is 1.74. The zero-order valence-electron chi connectivity index (χ0n) is 9.92. The van der Waals surface area contributed by atoms with Crippen LogP contribution in [0.2, 0.25) is 0 Å². The molecule has 1 heterocycles. The number of morpholine rings is 1. The highest BCUT2D eigenvalue weighted by molar-refractivity contribution is 5.20. The molecule has 0 aromatic heterocycles. The molecule has 1 aromatic carbocycles. The number of para-hydroxylation sites is 1. The van der Waals surface area contributed by atoms with Gasteiger partial charge in [-0.15, -0.1) is 0 Å². The molecule has 94 valence electrons. The molecule has 0 aliphatic carbocycles. The van der Waals surface area contributed by atoms with Crippen LogP contribution in [0, 0.1) is 0 Å². The molecule has 4 nitrogen and oxygen atoms in total. The number of benzene rings is 1. The van der Waals surface area contributed by atoms with E-state index in [0.29, 0.717) is 13.2 Å². The van der Waals surface area contributed by atoms with E-state index in [-0.39, 0.29) is 12.6 Å². The van der Waals surface area contributed by atoms with Gasteiger partial charge in [0.25, 0.3) is 0 Å². The molecule has 4 heteroatoms. The Hall–Kier alpha value is -1.10. The first-order chi connectivity index (χ1) is 8.40. The second-order valence-electron chi connectivity index (χ2n) is 4.11. The Labute approximate surface area is 102 Å². The third-order valence-corrected chi connectivity index (χ3v) is 2.95. The van der Waals surface area contributed by atoms with Crippen molar-refractivity contribution in [3.63, 3.8) is 0 Å². The summed E-state index contributed by atoms with van der Waals surface area (Å²) >= 11 is 0. The fraction of sp³-hybridized carbons (Fsp3) is 0.538. The quantitative estimate of drug-likeness (QED) is 0.821. The number of rotatable bonds is 5. The Kier molecular flexibility index (Phi) is 4.79. The second-order valence-corrected chi connectivity index (χ2v) is 4.11. The Morgan fingerprint density at radius 3 is 2.94 bits per heavy atom. The molecule has 1 saturated heterocycles. The summed E-state index contributed by atoms with van der Waals surface area (Å²) in [5, 5.41) is 9.22. The van der Waals surface area contributed by atoms with Crippen LogP contribution in [-0.2, 0) is 4.74 Å². The zero-order valence-corrected chi connectivity index (χ0v) is 9.92. The number of aliphatic hydroxyl groups is 1. The van der Waals surface area contributed by atoms with E-state index in [0.717, 1.165) is 25.4 Å². The lowest BCUT2D eigenvalue weighted by Gasteiger charge is -2.34. The molecule has 1 N–H and O–H groups in total. The van der Waals surface area contributed by atoms with Gasteiger partial charge in [-0.05, 0) is 12.1 Å². The van der Waals surface area contributed by atoms with E-state index in [4.69, 9.17) is 9.47 Å². The van der Waals surface area contributed by atoms with Crippen LogP contribution >= 0.6 is 0 Å². The maximum Gasteiger partial charge on any atom is 0.119 e. The molecule has 1 fully saturated rings. The predicted octanol–water partition coefficient (Wildman–Crippen LogP) is 0.758. The summed E-state index contributed by atoms with van der Waals surface area (Å²) in [6.07, 6.45) is 0. The van der Waals surface area contributed by atoms with Gasteiger partial charge in [0.05, 0.1) is 25.9 Å². The van der Waals surface area contributed by atoms with Crippen molar-refractivity contribution in [2.24, 2.45) is 0 Å². The van der Waals surface area contributed by atoms with Crippen LogP contribution < -0.4 is 4.74 Å². The molecule has 0 amide bonds. The van der Waals surface area contributed by atoms with Gasteiger partial charge in [0.1, 0.15) is 12.4 Å². The number of hydrogen-bond donors (Lipinski definition) is 1. The van der Waals surface area contributed by atoms with Gasteiger partial charge < -0.3 is 14.6 Å². The van der Waals surface area contributed by atoms with Gasteiger partial charge in [0.2, 0.25) is 0 Å². The summed E-state index contributed by atoms with van der Waals surface area (Å²) in [6.45, 7) is 3.82. The van der Waals surface area contributed by atoms with E-state index in [1.54, 1.807) is 0 Å². The number of aliphatic hydroxyl groups excluding tert-OH is 1. The largest absolute Gasteiger partial charge is 0.492 e. The van der Waals surface area contributed by atoms with Crippen molar-refractivity contribution >= 4 is 0 Å². The van der Waals surface area contributed by atoms with Crippen molar-refractivity contribution in [2.75, 3.05) is 39.5 Å². The Bertz CT molecular complexity index is 318. The average Bonchev–Trinajstić information content (AvgIpc) is 2.40. The summed E-state index contributed by atoms with van der Waals surface area (Å²) in [4.78, 5) is 2.21. The van der Waals surface area contributed by atoms with E-state index < -0.39 is 0 Å². The molecule has 0 radical (unpaired) electrons. The van der Waals surface area contributed by atoms with Crippen LogP contribution in [0.15, 0.2) is 30.3 Å². The van der Waals surface area contributed by atoms with Crippen LogP contribution in [-0.4, -0.2) is 55.6 Å². The molecule has 1 unspecified atom stereocenters. The third-order valence-electron chi connectivity index (χ3n) is 2.95.